The molecule has 0 aliphatic carbocycles. The van der Waals surface area contributed by atoms with Gasteiger partial charge in [-0.3, -0.25) is 24.3 Å². The number of piperazine rings is 1. The van der Waals surface area contributed by atoms with Crippen molar-refractivity contribution in [2.24, 2.45) is 0 Å². The summed E-state index contributed by atoms with van der Waals surface area (Å²) in [6.45, 7) is 4.89. The number of nitrogens with zero attached hydrogens (tertiary/aromatic N) is 3. The normalized spacial score (nSPS) is 17.7. The van der Waals surface area contributed by atoms with Crippen LogP contribution in [0.1, 0.15) is 20.7 Å². The average Bonchev–Trinajstić information content (AvgIpc) is 2.87. The summed E-state index contributed by atoms with van der Waals surface area (Å²) in [5.74, 6) is 0.123. The van der Waals surface area contributed by atoms with Crippen LogP contribution >= 0.6 is 11.6 Å². The van der Waals surface area contributed by atoms with Crippen LogP contribution in [0.25, 0.3) is 10.8 Å². The number of hydrogen-bond donors (Lipinski definition) is 1. The molecule has 0 aromatic heterocycles. The highest BCUT2D eigenvalue weighted by Crippen LogP contribution is 2.30. The summed E-state index contributed by atoms with van der Waals surface area (Å²) >= 11 is 6.10. The maximum Gasteiger partial charge on any atom is 0.261 e. The fraction of sp³-hybridized carbons (Fsp3) is 0.333. The first-order chi connectivity index (χ1) is 17.0. The van der Waals surface area contributed by atoms with Crippen LogP contribution < -0.4 is 4.74 Å². The predicted octanol–water partition coefficient (Wildman–Crippen LogP) is 3.15. The zero-order valence-electron chi connectivity index (χ0n) is 19.4. The largest absolute Gasteiger partial charge is 0.489 e. The molecule has 1 N–H and O–H groups in total. The predicted molar refractivity (Wildman–Crippen MR) is 135 cm³/mol. The molecule has 1 atom stereocenters. The van der Waals surface area contributed by atoms with Crippen molar-refractivity contribution in [1.29, 1.82) is 0 Å². The van der Waals surface area contributed by atoms with Crippen molar-refractivity contribution in [1.82, 2.24) is 14.7 Å². The molecule has 0 unspecified atom stereocenters. The fourth-order valence-electron chi connectivity index (χ4n) is 4.82. The Balaban J connectivity index is 1.10. The van der Waals surface area contributed by atoms with E-state index in [9.17, 15) is 14.7 Å². The molecule has 8 heteroatoms. The van der Waals surface area contributed by atoms with Gasteiger partial charge in [0, 0.05) is 62.3 Å². The Morgan fingerprint density at radius 3 is 2.11 bits per heavy atom. The van der Waals surface area contributed by atoms with Crippen LogP contribution in [0.15, 0.2) is 60.7 Å². The number of halogens is 1. The lowest BCUT2D eigenvalue weighted by atomic mass is 9.94. The third-order valence-electron chi connectivity index (χ3n) is 6.70. The summed E-state index contributed by atoms with van der Waals surface area (Å²) in [5, 5.41) is 12.6. The molecule has 35 heavy (non-hydrogen) atoms. The first kappa shape index (κ1) is 23.8. The minimum atomic E-state index is -0.621. The van der Waals surface area contributed by atoms with E-state index < -0.39 is 6.10 Å². The number of ether oxygens (including phenoxy) is 1. The van der Waals surface area contributed by atoms with Crippen molar-refractivity contribution in [3.8, 4) is 5.75 Å². The maximum absolute atomic E-state index is 13.1. The lowest BCUT2D eigenvalue weighted by Gasteiger charge is -2.36. The van der Waals surface area contributed by atoms with Crippen LogP contribution in [-0.2, 0) is 0 Å². The minimum absolute atomic E-state index is 0.178. The maximum atomic E-state index is 13.1. The zero-order chi connectivity index (χ0) is 24.4. The number of β-amino-alcohol motifs (C(OH)–C–C–N with tert-alkyl or cyclic N) is 1. The standard InChI is InChI=1S/C27H28ClN3O4/c28-23-9-1-2-10-24(23)35-18-20(32)17-30-13-11-29(12-14-30)15-16-31-26(33)21-7-3-5-19-6-4-8-22(25(19)21)27(31)34/h1-10,20,32H,11-18H2/t20-/m0/s1. The van der Waals surface area contributed by atoms with Crippen LogP contribution in [0.3, 0.4) is 0 Å². The van der Waals surface area contributed by atoms with E-state index in [1.807, 2.05) is 36.4 Å². The summed E-state index contributed by atoms with van der Waals surface area (Å²) in [6, 6.07) is 18.4. The van der Waals surface area contributed by atoms with Crippen molar-refractivity contribution in [2.45, 2.75) is 6.10 Å². The molecule has 0 saturated carbocycles. The van der Waals surface area contributed by atoms with Crippen molar-refractivity contribution in [3.63, 3.8) is 0 Å². The molecule has 182 valence electrons. The van der Waals surface area contributed by atoms with Gasteiger partial charge in [0.1, 0.15) is 18.5 Å². The summed E-state index contributed by atoms with van der Waals surface area (Å²) < 4.78 is 5.64. The first-order valence-corrected chi connectivity index (χ1v) is 12.3. The van der Waals surface area contributed by atoms with Gasteiger partial charge < -0.3 is 9.84 Å². The number of benzene rings is 3. The van der Waals surface area contributed by atoms with Crippen molar-refractivity contribution in [3.05, 3.63) is 76.8 Å². The number of para-hydroxylation sites is 1. The highest BCUT2D eigenvalue weighted by atomic mass is 35.5. The second-order valence-electron chi connectivity index (χ2n) is 9.01. The van der Waals surface area contributed by atoms with Gasteiger partial charge in [0.05, 0.1) is 5.02 Å². The van der Waals surface area contributed by atoms with Crippen molar-refractivity contribution < 1.29 is 19.4 Å². The molecule has 0 bridgehead atoms. The van der Waals surface area contributed by atoms with E-state index in [1.54, 1.807) is 24.3 Å². The molecule has 0 radical (unpaired) electrons. The molecule has 1 saturated heterocycles. The van der Waals surface area contributed by atoms with Gasteiger partial charge in [-0.15, -0.1) is 0 Å². The molecule has 5 rings (SSSR count). The molecule has 2 amide bonds. The Morgan fingerprint density at radius 1 is 0.829 bits per heavy atom. The lowest BCUT2D eigenvalue weighted by Crippen LogP contribution is -2.51. The summed E-state index contributed by atoms with van der Waals surface area (Å²) in [5.41, 5.74) is 1.19. The second kappa shape index (κ2) is 10.3. The number of aliphatic hydroxyl groups excluding tert-OH is 1. The van der Waals surface area contributed by atoms with E-state index in [4.69, 9.17) is 16.3 Å². The molecule has 2 aliphatic rings. The fourth-order valence-corrected chi connectivity index (χ4v) is 5.01. The molecule has 0 spiro atoms. The average molecular weight is 494 g/mol. The molecule has 7 nitrogen and oxygen atoms in total. The van der Waals surface area contributed by atoms with Gasteiger partial charge in [-0.1, -0.05) is 48.0 Å². The number of amides is 2. The van der Waals surface area contributed by atoms with Gasteiger partial charge in [0.25, 0.3) is 11.8 Å². The monoisotopic (exact) mass is 493 g/mol. The summed E-state index contributed by atoms with van der Waals surface area (Å²) in [4.78, 5) is 32.0. The van der Waals surface area contributed by atoms with Gasteiger partial charge in [0.2, 0.25) is 0 Å². The van der Waals surface area contributed by atoms with Crippen LogP contribution in [0.5, 0.6) is 5.75 Å². The highest BCUT2D eigenvalue weighted by molar-refractivity contribution is 6.32. The van der Waals surface area contributed by atoms with Crippen LogP contribution in [0.4, 0.5) is 0 Å². The van der Waals surface area contributed by atoms with E-state index >= 15 is 0 Å². The quantitative estimate of drug-likeness (QED) is 0.486. The number of hydrogen-bond acceptors (Lipinski definition) is 6. The van der Waals surface area contributed by atoms with Gasteiger partial charge in [-0.25, -0.2) is 0 Å². The molecule has 2 heterocycles. The lowest BCUT2D eigenvalue weighted by molar-refractivity contribution is 0.0416. The summed E-state index contributed by atoms with van der Waals surface area (Å²) in [6.07, 6.45) is -0.621. The van der Waals surface area contributed by atoms with E-state index in [-0.39, 0.29) is 18.4 Å². The number of aliphatic hydroxyl groups is 1. The van der Waals surface area contributed by atoms with Crippen molar-refractivity contribution in [2.75, 3.05) is 52.4 Å². The van der Waals surface area contributed by atoms with Gasteiger partial charge in [-0.05, 0) is 29.7 Å². The number of carbonyl (C=O) groups excluding carboxylic acids is 2. The second-order valence-corrected chi connectivity index (χ2v) is 9.42. The minimum Gasteiger partial charge on any atom is -0.489 e. The molecular formula is C27H28ClN3O4. The molecule has 3 aromatic rings. The topological polar surface area (TPSA) is 73.3 Å². The SMILES string of the molecule is O=C1c2cccc3cccc(c23)C(=O)N1CCN1CCN(C[C@H](O)COc2ccccc2Cl)CC1. The third kappa shape index (κ3) is 5.04. The Bertz CT molecular complexity index is 1190. The Morgan fingerprint density at radius 2 is 1.46 bits per heavy atom. The van der Waals surface area contributed by atoms with E-state index in [1.165, 1.54) is 4.90 Å². The van der Waals surface area contributed by atoms with Gasteiger partial charge >= 0.3 is 0 Å². The Labute approximate surface area is 209 Å². The van der Waals surface area contributed by atoms with E-state index in [2.05, 4.69) is 9.80 Å². The third-order valence-corrected chi connectivity index (χ3v) is 7.01. The smallest absolute Gasteiger partial charge is 0.261 e. The van der Waals surface area contributed by atoms with Gasteiger partial charge in [-0.2, -0.15) is 0 Å². The Kier molecular flexibility index (Phi) is 7.02. The number of rotatable bonds is 8. The molecule has 1 fully saturated rings. The number of imide groups is 1. The molecule has 3 aromatic carbocycles. The first-order valence-electron chi connectivity index (χ1n) is 11.9. The van der Waals surface area contributed by atoms with Crippen LogP contribution in [0, 0.1) is 0 Å². The summed E-state index contributed by atoms with van der Waals surface area (Å²) in [7, 11) is 0. The van der Waals surface area contributed by atoms with E-state index in [0.29, 0.717) is 41.5 Å². The Hall–Kier alpha value is -2.97. The number of carbonyl (C=O) groups is 2. The zero-order valence-corrected chi connectivity index (χ0v) is 20.2. The van der Waals surface area contributed by atoms with Crippen molar-refractivity contribution >= 4 is 34.2 Å². The van der Waals surface area contributed by atoms with Crippen LogP contribution in [0.2, 0.25) is 5.02 Å². The highest BCUT2D eigenvalue weighted by Gasteiger charge is 2.33. The van der Waals surface area contributed by atoms with E-state index in [0.717, 1.165) is 37.0 Å². The van der Waals surface area contributed by atoms with Crippen LogP contribution in [-0.4, -0.2) is 90.1 Å². The van der Waals surface area contributed by atoms with Gasteiger partial charge in [0.15, 0.2) is 0 Å². The molecule has 2 aliphatic heterocycles. The molecular weight excluding hydrogens is 466 g/mol.